The number of hydrogen-bond acceptors (Lipinski definition) is 17. The third-order valence-electron chi connectivity index (χ3n) is 10.6. The molecule has 2 aromatic carbocycles. The molecule has 0 heterocycles. The Labute approximate surface area is 365 Å². The summed E-state index contributed by atoms with van der Waals surface area (Å²) in [6, 6.07) is 8.29. The van der Waals surface area contributed by atoms with Crippen molar-refractivity contribution in [2.24, 2.45) is 23.7 Å². The van der Waals surface area contributed by atoms with Crippen molar-refractivity contribution in [3.8, 4) is 23.0 Å². The van der Waals surface area contributed by atoms with Gasteiger partial charge >= 0.3 is 47.8 Å². The molecule has 0 saturated heterocycles. The lowest BCUT2D eigenvalue weighted by Gasteiger charge is -2.26. The van der Waals surface area contributed by atoms with Crippen LogP contribution in [0.1, 0.15) is 97.8 Å². The van der Waals surface area contributed by atoms with Gasteiger partial charge in [-0.05, 0) is 113 Å². The summed E-state index contributed by atoms with van der Waals surface area (Å²) < 4.78 is 47.5. The smallest absolute Gasteiger partial charge is 0.341 e. The van der Waals surface area contributed by atoms with Gasteiger partial charge in [-0.15, -0.1) is 0 Å². The Bertz CT molecular complexity index is 1970. The molecule has 2 aliphatic carbocycles. The summed E-state index contributed by atoms with van der Waals surface area (Å²) in [5.41, 5.74) is 0.0607. The molecular weight excluding hydrogens is 824 g/mol. The van der Waals surface area contributed by atoms with Crippen LogP contribution in [-0.4, -0.2) is 88.4 Å². The van der Waals surface area contributed by atoms with Gasteiger partial charge in [-0.25, -0.2) is 19.2 Å². The fourth-order valence-electron chi connectivity index (χ4n) is 6.93. The zero-order valence-corrected chi connectivity index (χ0v) is 35.6. The Hall–Kier alpha value is -6.52. The van der Waals surface area contributed by atoms with Crippen molar-refractivity contribution < 1.29 is 81.0 Å². The van der Waals surface area contributed by atoms with Crippen molar-refractivity contribution in [3.63, 3.8) is 0 Å². The summed E-state index contributed by atoms with van der Waals surface area (Å²) in [6.45, 7) is 7.32. The Morgan fingerprint density at radius 1 is 0.508 bits per heavy atom. The second-order valence-corrected chi connectivity index (χ2v) is 14.8. The van der Waals surface area contributed by atoms with Crippen molar-refractivity contribution >= 4 is 47.8 Å². The molecule has 0 bridgehead atoms. The molecular formula is C46H54O17. The van der Waals surface area contributed by atoms with Crippen molar-refractivity contribution in [2.45, 2.75) is 77.0 Å². The van der Waals surface area contributed by atoms with Crippen LogP contribution < -0.4 is 18.9 Å². The topological polar surface area (TPSA) is 220 Å². The summed E-state index contributed by atoms with van der Waals surface area (Å²) >= 11 is 0. The highest BCUT2D eigenvalue weighted by atomic mass is 16.6. The highest BCUT2D eigenvalue weighted by Crippen LogP contribution is 2.36. The molecule has 17 nitrogen and oxygen atoms in total. The number of benzene rings is 2. The molecule has 0 aliphatic heterocycles. The van der Waals surface area contributed by atoms with Gasteiger partial charge in [-0.3, -0.25) is 19.2 Å². The lowest BCUT2D eigenvalue weighted by atomic mass is 9.82. The van der Waals surface area contributed by atoms with Crippen LogP contribution in [-0.2, 0) is 52.5 Å². The summed E-state index contributed by atoms with van der Waals surface area (Å²) in [5, 5.41) is 0. The summed E-state index contributed by atoms with van der Waals surface area (Å²) in [6.07, 6.45) is 7.08. The summed E-state index contributed by atoms with van der Waals surface area (Å²) in [5.74, 6) is -6.20. The number of ether oxygens (including phenoxy) is 9. The lowest BCUT2D eigenvalue weighted by Crippen LogP contribution is -2.30. The molecule has 0 N–H and O–H groups in total. The maximum atomic E-state index is 13.2. The number of rotatable bonds is 22. The zero-order chi connectivity index (χ0) is 45.7. The third kappa shape index (κ3) is 15.4. The van der Waals surface area contributed by atoms with Gasteiger partial charge in [0.2, 0.25) is 0 Å². The predicted octanol–water partition coefficient (Wildman–Crippen LogP) is 6.23. The Morgan fingerprint density at radius 2 is 0.952 bits per heavy atom. The third-order valence-corrected chi connectivity index (χ3v) is 10.6. The second-order valence-electron chi connectivity index (χ2n) is 14.8. The van der Waals surface area contributed by atoms with E-state index in [4.69, 9.17) is 42.6 Å². The average Bonchev–Trinajstić information content (AvgIpc) is 3.30. The molecule has 63 heavy (non-hydrogen) atoms. The van der Waals surface area contributed by atoms with E-state index in [-0.39, 0.29) is 72.4 Å². The first-order valence-corrected chi connectivity index (χ1v) is 20.8. The molecule has 0 unspecified atom stereocenters. The minimum atomic E-state index is -0.816. The van der Waals surface area contributed by atoms with E-state index in [2.05, 4.69) is 13.2 Å². The fourth-order valence-corrected chi connectivity index (χ4v) is 6.93. The normalized spacial score (nSPS) is 18.0. The lowest BCUT2D eigenvalue weighted by molar-refractivity contribution is -0.152. The predicted molar refractivity (Wildman–Crippen MR) is 221 cm³/mol. The van der Waals surface area contributed by atoms with Crippen LogP contribution in [0, 0.1) is 23.7 Å². The number of carbonyl (C=O) groups is 8. The summed E-state index contributed by atoms with van der Waals surface area (Å²) in [7, 11) is 2.53. The minimum absolute atomic E-state index is 0.0319. The highest BCUT2D eigenvalue weighted by molar-refractivity contribution is 5.94. The molecule has 2 aromatic rings. The van der Waals surface area contributed by atoms with E-state index in [0.29, 0.717) is 77.0 Å². The number of methoxy groups -OCH3 is 2. The van der Waals surface area contributed by atoms with Gasteiger partial charge in [0.15, 0.2) is 11.5 Å². The van der Waals surface area contributed by atoms with E-state index >= 15 is 0 Å². The van der Waals surface area contributed by atoms with E-state index in [1.165, 1.54) is 43.5 Å². The number of esters is 8. The van der Waals surface area contributed by atoms with Crippen molar-refractivity contribution in [3.05, 3.63) is 72.8 Å². The Balaban J connectivity index is 1.21. The van der Waals surface area contributed by atoms with Gasteiger partial charge in [0.25, 0.3) is 0 Å². The van der Waals surface area contributed by atoms with E-state index in [9.17, 15) is 38.4 Å². The first-order valence-electron chi connectivity index (χ1n) is 20.8. The van der Waals surface area contributed by atoms with Crippen LogP contribution in [0.3, 0.4) is 0 Å². The van der Waals surface area contributed by atoms with Gasteiger partial charge < -0.3 is 42.6 Å². The molecule has 0 amide bonds. The molecule has 2 fully saturated rings. The largest absolute Gasteiger partial charge is 0.493 e. The number of carbonyl (C=O) groups excluding carboxylic acids is 8. The molecule has 0 atom stereocenters. The molecule has 17 heteroatoms. The first-order chi connectivity index (χ1) is 30.4. The quantitative estimate of drug-likeness (QED) is 0.0421. The van der Waals surface area contributed by atoms with E-state index in [1.54, 1.807) is 0 Å². The molecule has 0 radical (unpaired) electrons. The maximum absolute atomic E-state index is 13.2. The summed E-state index contributed by atoms with van der Waals surface area (Å²) in [4.78, 5) is 99.5. The van der Waals surface area contributed by atoms with Gasteiger partial charge in [-0.2, -0.15) is 0 Å². The van der Waals surface area contributed by atoms with Crippen LogP contribution >= 0.6 is 0 Å². The van der Waals surface area contributed by atoms with E-state index in [0.717, 1.165) is 19.3 Å². The molecule has 0 spiro atoms. The molecule has 2 aliphatic rings. The minimum Gasteiger partial charge on any atom is -0.493 e. The van der Waals surface area contributed by atoms with E-state index < -0.39 is 59.5 Å². The van der Waals surface area contributed by atoms with Crippen molar-refractivity contribution in [1.29, 1.82) is 0 Å². The molecule has 0 aromatic heterocycles. The molecule has 4 rings (SSSR count). The van der Waals surface area contributed by atoms with Gasteiger partial charge in [-0.1, -0.05) is 13.2 Å². The van der Waals surface area contributed by atoms with Gasteiger partial charge in [0, 0.05) is 12.2 Å². The van der Waals surface area contributed by atoms with Gasteiger partial charge in [0.05, 0.1) is 69.9 Å². The van der Waals surface area contributed by atoms with Crippen molar-refractivity contribution in [2.75, 3.05) is 40.6 Å². The van der Waals surface area contributed by atoms with E-state index in [1.807, 2.05) is 0 Å². The monoisotopic (exact) mass is 878 g/mol. The Kier molecular flexibility index (Phi) is 19.8. The van der Waals surface area contributed by atoms with Crippen molar-refractivity contribution in [1.82, 2.24) is 0 Å². The zero-order valence-electron chi connectivity index (χ0n) is 35.6. The molecule has 2 saturated carbocycles. The highest BCUT2D eigenvalue weighted by Gasteiger charge is 2.34. The average molecular weight is 879 g/mol. The van der Waals surface area contributed by atoms with Crippen LogP contribution in [0.4, 0.5) is 0 Å². The maximum Gasteiger partial charge on any atom is 0.341 e. The first kappa shape index (κ1) is 49.1. The SMILES string of the molecule is C=CC(=O)OCCCCOC(=O)c1ccc(OC(=O)C2CCC(C(=O)Oc3ccc(OC(=O)C4CCC(C(=O)OCCCCOC(=O)C=C)CC4)c(C(=O)OC)c3)CC2)c(OC)c1. The van der Waals surface area contributed by atoms with Crippen LogP contribution in [0.5, 0.6) is 23.0 Å². The van der Waals surface area contributed by atoms with Crippen LogP contribution in [0.25, 0.3) is 0 Å². The number of unbranched alkanes of at least 4 members (excludes halogenated alkanes) is 2. The fraction of sp³-hybridized carbons (Fsp3) is 0.478. The Morgan fingerprint density at radius 3 is 1.44 bits per heavy atom. The second kappa shape index (κ2) is 25.4. The van der Waals surface area contributed by atoms with Gasteiger partial charge in [0.1, 0.15) is 17.1 Å². The van der Waals surface area contributed by atoms with Crippen LogP contribution in [0.15, 0.2) is 61.7 Å². The van der Waals surface area contributed by atoms with Crippen LogP contribution in [0.2, 0.25) is 0 Å². The molecule has 340 valence electrons. The standard InChI is InChI=1S/C46H54O17/c1-5-39(47)57-23-7-9-25-59-41(49)29-11-13-31(14-12-29)44(52)62-36-22-20-34(28-35(36)46(54)56-4)61-43(51)30-15-17-32(18-16-30)45(53)63-37-21-19-33(27-38(37)55-3)42(50)60-26-10-8-24-58-40(48)6-2/h5-6,19-22,27-32H,1-2,7-18,23-26H2,3-4H3. The number of hydrogen-bond donors (Lipinski definition) is 0.